The lowest BCUT2D eigenvalue weighted by Gasteiger charge is -2.40. The van der Waals surface area contributed by atoms with Crippen molar-refractivity contribution in [2.75, 3.05) is 24.6 Å². The maximum absolute atomic E-state index is 5.82. The van der Waals surface area contributed by atoms with Crippen molar-refractivity contribution < 1.29 is 4.74 Å². The van der Waals surface area contributed by atoms with Gasteiger partial charge in [-0.15, -0.1) is 0 Å². The van der Waals surface area contributed by atoms with Gasteiger partial charge in [0, 0.05) is 23.8 Å². The minimum atomic E-state index is -0.0394. The van der Waals surface area contributed by atoms with Crippen LogP contribution in [0.4, 0.5) is 5.82 Å². The van der Waals surface area contributed by atoms with Crippen LogP contribution in [0.25, 0.3) is 0 Å². The summed E-state index contributed by atoms with van der Waals surface area (Å²) in [6.45, 7) is 6.93. The first-order chi connectivity index (χ1) is 7.63. The Balaban J connectivity index is 2.16. The highest BCUT2D eigenvalue weighted by Gasteiger charge is 2.30. The molecule has 1 aliphatic rings. The SMILES string of the molecule is CCC1(C)CN(c2cc(Br)ccn2)CCO1. The Morgan fingerprint density at radius 1 is 1.62 bits per heavy atom. The molecule has 0 bridgehead atoms. The molecular weight excluding hydrogens is 268 g/mol. The fraction of sp³-hybridized carbons (Fsp3) is 0.583. The second kappa shape index (κ2) is 4.72. The van der Waals surface area contributed by atoms with Crippen LogP contribution >= 0.6 is 15.9 Å². The Bertz CT molecular complexity index is 372. The Morgan fingerprint density at radius 2 is 2.44 bits per heavy atom. The van der Waals surface area contributed by atoms with Crippen LogP contribution < -0.4 is 4.90 Å². The third-order valence-corrected chi connectivity index (χ3v) is 3.61. The zero-order valence-electron chi connectivity index (χ0n) is 9.74. The van der Waals surface area contributed by atoms with Gasteiger partial charge in [0.2, 0.25) is 0 Å². The Kier molecular flexibility index (Phi) is 3.50. The van der Waals surface area contributed by atoms with Crippen LogP contribution in [0, 0.1) is 0 Å². The standard InChI is InChI=1S/C12H17BrN2O/c1-3-12(2)9-15(6-7-16-12)11-8-10(13)4-5-14-11/h4-5,8H,3,6-7,9H2,1-2H3. The van der Waals surface area contributed by atoms with E-state index in [-0.39, 0.29) is 5.60 Å². The van der Waals surface area contributed by atoms with Gasteiger partial charge in [-0.2, -0.15) is 0 Å². The van der Waals surface area contributed by atoms with Gasteiger partial charge in [0.1, 0.15) is 5.82 Å². The molecule has 0 spiro atoms. The molecule has 16 heavy (non-hydrogen) atoms. The zero-order valence-corrected chi connectivity index (χ0v) is 11.3. The van der Waals surface area contributed by atoms with Crippen molar-refractivity contribution in [2.45, 2.75) is 25.9 Å². The van der Waals surface area contributed by atoms with E-state index in [1.165, 1.54) is 0 Å². The molecule has 0 amide bonds. The number of hydrogen-bond donors (Lipinski definition) is 0. The van der Waals surface area contributed by atoms with Crippen molar-refractivity contribution in [1.82, 2.24) is 4.98 Å². The summed E-state index contributed by atoms with van der Waals surface area (Å²) >= 11 is 3.48. The van der Waals surface area contributed by atoms with Gasteiger partial charge in [-0.05, 0) is 25.5 Å². The number of morpholine rings is 1. The van der Waals surface area contributed by atoms with E-state index < -0.39 is 0 Å². The summed E-state index contributed by atoms with van der Waals surface area (Å²) in [5, 5.41) is 0. The third-order valence-electron chi connectivity index (χ3n) is 3.12. The van der Waals surface area contributed by atoms with Crippen molar-refractivity contribution in [1.29, 1.82) is 0 Å². The van der Waals surface area contributed by atoms with E-state index in [9.17, 15) is 0 Å². The summed E-state index contributed by atoms with van der Waals surface area (Å²) in [6.07, 6.45) is 2.86. The Hall–Kier alpha value is -0.610. The van der Waals surface area contributed by atoms with Crippen molar-refractivity contribution in [3.05, 3.63) is 22.8 Å². The molecule has 3 nitrogen and oxygen atoms in total. The summed E-state index contributed by atoms with van der Waals surface area (Å²) in [4.78, 5) is 6.69. The zero-order chi connectivity index (χ0) is 11.6. The molecule has 1 unspecified atom stereocenters. The monoisotopic (exact) mass is 284 g/mol. The maximum atomic E-state index is 5.82. The Labute approximate surface area is 105 Å². The number of nitrogens with zero attached hydrogens (tertiary/aromatic N) is 2. The van der Waals surface area contributed by atoms with Crippen molar-refractivity contribution in [2.24, 2.45) is 0 Å². The first kappa shape index (κ1) is 11.9. The quantitative estimate of drug-likeness (QED) is 0.835. The van der Waals surface area contributed by atoms with Crippen molar-refractivity contribution in [3.8, 4) is 0 Å². The number of halogens is 1. The largest absolute Gasteiger partial charge is 0.372 e. The van der Waals surface area contributed by atoms with Gasteiger partial charge < -0.3 is 9.64 Å². The molecule has 4 heteroatoms. The van der Waals surface area contributed by atoms with Gasteiger partial charge in [-0.25, -0.2) is 4.98 Å². The highest BCUT2D eigenvalue weighted by Crippen LogP contribution is 2.25. The first-order valence-corrected chi connectivity index (χ1v) is 6.43. The molecular formula is C12H17BrN2O. The van der Waals surface area contributed by atoms with E-state index in [4.69, 9.17) is 4.74 Å². The van der Waals surface area contributed by atoms with Crippen LogP contribution in [0.15, 0.2) is 22.8 Å². The molecule has 1 aliphatic heterocycles. The normalized spacial score (nSPS) is 25.8. The predicted octanol–water partition coefficient (Wildman–Crippen LogP) is 2.85. The van der Waals surface area contributed by atoms with Crippen LogP contribution in [0.2, 0.25) is 0 Å². The van der Waals surface area contributed by atoms with E-state index in [0.29, 0.717) is 0 Å². The first-order valence-electron chi connectivity index (χ1n) is 5.63. The average molecular weight is 285 g/mol. The Morgan fingerprint density at radius 3 is 3.12 bits per heavy atom. The van der Waals surface area contributed by atoms with Gasteiger partial charge >= 0.3 is 0 Å². The van der Waals surface area contributed by atoms with Crippen LogP contribution in [-0.2, 0) is 4.74 Å². The average Bonchev–Trinajstić information content (AvgIpc) is 2.29. The second-order valence-corrected chi connectivity index (χ2v) is 5.32. The van der Waals surface area contributed by atoms with Crippen LogP contribution in [0.3, 0.4) is 0 Å². The molecule has 1 saturated heterocycles. The molecule has 1 fully saturated rings. The van der Waals surface area contributed by atoms with E-state index in [1.54, 1.807) is 0 Å². The minimum Gasteiger partial charge on any atom is -0.372 e. The number of hydrogen-bond acceptors (Lipinski definition) is 3. The lowest BCUT2D eigenvalue weighted by Crippen LogP contribution is -2.50. The molecule has 1 aromatic rings. The summed E-state index contributed by atoms with van der Waals surface area (Å²) in [7, 11) is 0. The molecule has 1 atom stereocenters. The summed E-state index contributed by atoms with van der Waals surface area (Å²) in [5.41, 5.74) is -0.0394. The molecule has 0 saturated carbocycles. The maximum Gasteiger partial charge on any atom is 0.129 e. The summed E-state index contributed by atoms with van der Waals surface area (Å²) in [6, 6.07) is 4.00. The molecule has 0 radical (unpaired) electrons. The van der Waals surface area contributed by atoms with Crippen molar-refractivity contribution >= 4 is 21.7 Å². The molecule has 0 aliphatic carbocycles. The molecule has 2 heterocycles. The lowest BCUT2D eigenvalue weighted by molar-refractivity contribution is -0.0443. The van der Waals surface area contributed by atoms with Crippen LogP contribution in [0.1, 0.15) is 20.3 Å². The fourth-order valence-electron chi connectivity index (χ4n) is 1.91. The van der Waals surface area contributed by atoms with Gasteiger partial charge in [0.05, 0.1) is 12.2 Å². The third kappa shape index (κ3) is 2.55. The molecule has 88 valence electrons. The highest BCUT2D eigenvalue weighted by atomic mass is 79.9. The van der Waals surface area contributed by atoms with Gasteiger partial charge in [-0.3, -0.25) is 0 Å². The predicted molar refractivity (Wildman–Crippen MR) is 68.8 cm³/mol. The number of aromatic nitrogens is 1. The topological polar surface area (TPSA) is 25.4 Å². The van der Waals surface area contributed by atoms with E-state index >= 15 is 0 Å². The number of ether oxygens (including phenoxy) is 1. The highest BCUT2D eigenvalue weighted by molar-refractivity contribution is 9.10. The second-order valence-electron chi connectivity index (χ2n) is 4.41. The lowest BCUT2D eigenvalue weighted by atomic mass is 10.0. The van der Waals surface area contributed by atoms with Gasteiger partial charge in [-0.1, -0.05) is 22.9 Å². The smallest absolute Gasteiger partial charge is 0.129 e. The summed E-state index contributed by atoms with van der Waals surface area (Å²) in [5.74, 6) is 1.03. The van der Waals surface area contributed by atoms with E-state index in [0.717, 1.165) is 36.4 Å². The molecule has 0 N–H and O–H groups in total. The number of anilines is 1. The number of rotatable bonds is 2. The van der Waals surface area contributed by atoms with Crippen LogP contribution in [-0.4, -0.2) is 30.3 Å². The van der Waals surface area contributed by atoms with Crippen molar-refractivity contribution in [3.63, 3.8) is 0 Å². The minimum absolute atomic E-state index is 0.0394. The molecule has 1 aromatic heterocycles. The molecule has 2 rings (SSSR count). The molecule has 0 aromatic carbocycles. The summed E-state index contributed by atoms with van der Waals surface area (Å²) < 4.78 is 6.89. The van der Waals surface area contributed by atoms with Gasteiger partial charge in [0.15, 0.2) is 0 Å². The van der Waals surface area contributed by atoms with Gasteiger partial charge in [0.25, 0.3) is 0 Å². The van der Waals surface area contributed by atoms with E-state index in [2.05, 4.69) is 45.7 Å². The van der Waals surface area contributed by atoms with E-state index in [1.807, 2.05) is 12.3 Å². The fourth-order valence-corrected chi connectivity index (χ4v) is 2.23. The van der Waals surface area contributed by atoms with Crippen LogP contribution in [0.5, 0.6) is 0 Å². The number of pyridine rings is 1.